The molecule has 1 saturated carbocycles. The molecule has 1 heterocycles. The summed E-state index contributed by atoms with van der Waals surface area (Å²) < 4.78 is 0. The van der Waals surface area contributed by atoms with Crippen LogP contribution in [0.1, 0.15) is 33.1 Å². The van der Waals surface area contributed by atoms with Crippen molar-refractivity contribution in [3.05, 3.63) is 0 Å². The average Bonchev–Trinajstić information content (AvgIpc) is 3.17. The Balaban J connectivity index is 2.00. The first kappa shape index (κ1) is 13.7. The number of hydrogen-bond donors (Lipinski definition) is 1. The number of carbonyl (C=O) groups excluding carboxylic acids is 2. The molecule has 2 amide bonds. The number of amides is 2. The van der Waals surface area contributed by atoms with Crippen LogP contribution in [0.25, 0.3) is 0 Å². The molecule has 0 aromatic heterocycles. The third-order valence-electron chi connectivity index (χ3n) is 3.97. The largest absolute Gasteiger partial charge is 0.342 e. The van der Waals surface area contributed by atoms with Crippen LogP contribution in [0.4, 0.5) is 0 Å². The number of piperazine rings is 1. The first-order valence-electron chi connectivity index (χ1n) is 6.68. The molecule has 2 aliphatic rings. The fourth-order valence-electron chi connectivity index (χ4n) is 2.34. The molecule has 102 valence electrons. The van der Waals surface area contributed by atoms with E-state index in [1.54, 1.807) is 16.7 Å². The van der Waals surface area contributed by atoms with Crippen LogP contribution in [0.15, 0.2) is 0 Å². The highest BCUT2D eigenvalue weighted by molar-refractivity contribution is 7.99. The predicted molar refractivity (Wildman–Crippen MR) is 73.4 cm³/mol. The maximum absolute atomic E-state index is 12.4. The SMILES string of the molecule is CSC(C)CCN1C(=O)C(C2CC2)NC(=O)C1C. The Kier molecular flexibility index (Phi) is 4.20. The van der Waals surface area contributed by atoms with E-state index in [1.807, 2.05) is 6.92 Å². The van der Waals surface area contributed by atoms with E-state index in [9.17, 15) is 9.59 Å². The van der Waals surface area contributed by atoms with E-state index in [1.165, 1.54) is 0 Å². The van der Waals surface area contributed by atoms with Gasteiger partial charge in [0.25, 0.3) is 0 Å². The van der Waals surface area contributed by atoms with Gasteiger partial charge in [-0.15, -0.1) is 0 Å². The normalized spacial score (nSPS) is 30.3. The summed E-state index contributed by atoms with van der Waals surface area (Å²) in [7, 11) is 0. The number of hydrogen-bond acceptors (Lipinski definition) is 3. The van der Waals surface area contributed by atoms with Gasteiger partial charge >= 0.3 is 0 Å². The molecule has 3 atom stereocenters. The predicted octanol–water partition coefficient (Wildman–Crippen LogP) is 1.25. The lowest BCUT2D eigenvalue weighted by Gasteiger charge is -2.38. The summed E-state index contributed by atoms with van der Waals surface area (Å²) in [6.45, 7) is 4.67. The van der Waals surface area contributed by atoms with Gasteiger partial charge < -0.3 is 10.2 Å². The van der Waals surface area contributed by atoms with Gasteiger partial charge in [-0.2, -0.15) is 11.8 Å². The molecular formula is C13H22N2O2S. The van der Waals surface area contributed by atoms with Gasteiger partial charge in [0.1, 0.15) is 12.1 Å². The molecule has 0 bridgehead atoms. The second-order valence-electron chi connectivity index (χ2n) is 5.37. The van der Waals surface area contributed by atoms with E-state index < -0.39 is 0 Å². The number of nitrogens with zero attached hydrogens (tertiary/aromatic N) is 1. The summed E-state index contributed by atoms with van der Waals surface area (Å²) in [4.78, 5) is 26.0. The van der Waals surface area contributed by atoms with Crippen molar-refractivity contribution in [2.75, 3.05) is 12.8 Å². The van der Waals surface area contributed by atoms with Crippen molar-refractivity contribution in [3.63, 3.8) is 0 Å². The Morgan fingerprint density at radius 2 is 2.11 bits per heavy atom. The van der Waals surface area contributed by atoms with Gasteiger partial charge in [-0.05, 0) is 38.4 Å². The van der Waals surface area contributed by atoms with Crippen LogP contribution in [-0.4, -0.2) is 46.8 Å². The van der Waals surface area contributed by atoms with Crippen LogP contribution in [0.2, 0.25) is 0 Å². The molecule has 1 saturated heterocycles. The zero-order chi connectivity index (χ0) is 13.3. The summed E-state index contributed by atoms with van der Waals surface area (Å²) in [6, 6.07) is -0.570. The Morgan fingerprint density at radius 3 is 2.67 bits per heavy atom. The van der Waals surface area contributed by atoms with Gasteiger partial charge in [-0.25, -0.2) is 0 Å². The van der Waals surface area contributed by atoms with Crippen molar-refractivity contribution in [3.8, 4) is 0 Å². The van der Waals surface area contributed by atoms with Gasteiger partial charge in [0.15, 0.2) is 0 Å². The Hall–Kier alpha value is -0.710. The molecule has 1 aliphatic carbocycles. The molecule has 1 N–H and O–H groups in total. The second kappa shape index (κ2) is 5.51. The fraction of sp³-hybridized carbons (Fsp3) is 0.846. The van der Waals surface area contributed by atoms with E-state index in [4.69, 9.17) is 0 Å². The van der Waals surface area contributed by atoms with E-state index in [0.29, 0.717) is 17.7 Å². The second-order valence-corrected chi connectivity index (χ2v) is 6.64. The first-order valence-corrected chi connectivity index (χ1v) is 7.97. The summed E-state index contributed by atoms with van der Waals surface area (Å²) in [5, 5.41) is 3.40. The van der Waals surface area contributed by atoms with E-state index in [-0.39, 0.29) is 23.9 Å². The highest BCUT2D eigenvalue weighted by atomic mass is 32.2. The van der Waals surface area contributed by atoms with Gasteiger partial charge in [0.2, 0.25) is 11.8 Å². The number of carbonyl (C=O) groups is 2. The van der Waals surface area contributed by atoms with Crippen LogP contribution in [0.3, 0.4) is 0 Å². The van der Waals surface area contributed by atoms with Crippen LogP contribution in [0.5, 0.6) is 0 Å². The van der Waals surface area contributed by atoms with Crippen molar-refractivity contribution in [1.82, 2.24) is 10.2 Å². The van der Waals surface area contributed by atoms with Gasteiger partial charge in [-0.3, -0.25) is 9.59 Å². The third-order valence-corrected chi connectivity index (χ3v) is 5.01. The van der Waals surface area contributed by atoms with E-state index in [2.05, 4.69) is 18.5 Å². The molecule has 1 aliphatic heterocycles. The smallest absolute Gasteiger partial charge is 0.246 e. The van der Waals surface area contributed by atoms with Gasteiger partial charge in [0, 0.05) is 11.8 Å². The number of rotatable bonds is 5. The number of thioether (sulfide) groups is 1. The highest BCUT2D eigenvalue weighted by Gasteiger charge is 2.45. The van der Waals surface area contributed by atoms with E-state index in [0.717, 1.165) is 19.3 Å². The quantitative estimate of drug-likeness (QED) is 0.818. The first-order chi connectivity index (χ1) is 8.54. The molecule has 18 heavy (non-hydrogen) atoms. The van der Waals surface area contributed by atoms with Crippen LogP contribution in [0, 0.1) is 5.92 Å². The fourth-order valence-corrected chi connectivity index (χ4v) is 2.68. The zero-order valence-electron chi connectivity index (χ0n) is 11.3. The molecular weight excluding hydrogens is 248 g/mol. The Bertz CT molecular complexity index is 344. The molecule has 0 radical (unpaired) electrons. The van der Waals surface area contributed by atoms with Crippen LogP contribution < -0.4 is 5.32 Å². The topological polar surface area (TPSA) is 49.4 Å². The summed E-state index contributed by atoms with van der Waals surface area (Å²) in [6.07, 6.45) is 5.16. The maximum atomic E-state index is 12.4. The van der Waals surface area contributed by atoms with Crippen LogP contribution in [-0.2, 0) is 9.59 Å². The Morgan fingerprint density at radius 1 is 1.44 bits per heavy atom. The van der Waals surface area contributed by atoms with Crippen molar-refractivity contribution in [2.45, 2.75) is 50.4 Å². The van der Waals surface area contributed by atoms with Crippen molar-refractivity contribution in [2.24, 2.45) is 5.92 Å². The minimum Gasteiger partial charge on any atom is -0.342 e. The molecule has 2 fully saturated rings. The minimum absolute atomic E-state index is 0.00306. The highest BCUT2D eigenvalue weighted by Crippen LogP contribution is 2.35. The minimum atomic E-state index is -0.318. The standard InChI is InChI=1S/C13H22N2O2S/c1-8(18-3)6-7-15-9(2)12(16)14-11(13(15)17)10-4-5-10/h8-11H,4-7H2,1-3H3,(H,14,16). The lowest BCUT2D eigenvalue weighted by Crippen LogP contribution is -2.63. The summed E-state index contributed by atoms with van der Waals surface area (Å²) in [5.74, 6) is 0.510. The molecule has 0 aromatic carbocycles. The van der Waals surface area contributed by atoms with E-state index >= 15 is 0 Å². The van der Waals surface area contributed by atoms with Gasteiger partial charge in [-0.1, -0.05) is 6.92 Å². The number of nitrogens with one attached hydrogen (secondary N) is 1. The summed E-state index contributed by atoms with van der Waals surface area (Å²) in [5.41, 5.74) is 0. The zero-order valence-corrected chi connectivity index (χ0v) is 12.1. The van der Waals surface area contributed by atoms with Crippen molar-refractivity contribution < 1.29 is 9.59 Å². The monoisotopic (exact) mass is 270 g/mol. The van der Waals surface area contributed by atoms with Crippen molar-refractivity contribution >= 4 is 23.6 Å². The van der Waals surface area contributed by atoms with Crippen molar-refractivity contribution in [1.29, 1.82) is 0 Å². The molecule has 0 spiro atoms. The Labute approximate surface area is 113 Å². The van der Waals surface area contributed by atoms with Crippen LogP contribution >= 0.6 is 11.8 Å². The molecule has 2 rings (SSSR count). The van der Waals surface area contributed by atoms with Gasteiger partial charge in [0.05, 0.1) is 0 Å². The average molecular weight is 270 g/mol. The lowest BCUT2D eigenvalue weighted by atomic mass is 10.0. The lowest BCUT2D eigenvalue weighted by molar-refractivity contribution is -0.149. The summed E-state index contributed by atoms with van der Waals surface area (Å²) >= 11 is 1.80. The third kappa shape index (κ3) is 2.82. The molecule has 0 aromatic rings. The molecule has 5 heteroatoms. The molecule has 3 unspecified atom stereocenters. The maximum Gasteiger partial charge on any atom is 0.246 e. The molecule has 4 nitrogen and oxygen atoms in total.